The molecule has 360 valence electrons. The molecule has 0 unspecified atom stereocenters. The summed E-state index contributed by atoms with van der Waals surface area (Å²) < 4.78 is 26.9. The van der Waals surface area contributed by atoms with Crippen molar-refractivity contribution < 1.29 is 48.0 Å². The quantitative estimate of drug-likeness (QED) is 0.0599. The van der Waals surface area contributed by atoms with E-state index in [0.717, 1.165) is 33.4 Å². The molecule has 0 fully saturated rings. The molecule has 0 aliphatic heterocycles. The molecule has 0 spiro atoms. The molecule has 4 aromatic rings. The predicted octanol–water partition coefficient (Wildman–Crippen LogP) is 12.0. The van der Waals surface area contributed by atoms with E-state index in [2.05, 4.69) is 24.3 Å². The molecule has 0 bridgehead atoms. The fourth-order valence-electron chi connectivity index (χ4n) is 7.45. The second-order valence-electron chi connectivity index (χ2n) is 18.3. The van der Waals surface area contributed by atoms with E-state index < -0.39 is 29.0 Å². The van der Waals surface area contributed by atoms with Crippen LogP contribution in [-0.2, 0) is 55.7 Å². The standard InChI is InChI=1S/C28H37ClO5.C26H33ClO5/c1-6-32-19-24(27(31)33-7-2)16-21(17-26(30)34-28(3,4)5)15-20-11-13-22(14-12-20)23-9-8-10-25(29)18-23;1-5-31-25(30)22(17-28)14-19(15-24(29)32-26(2,3)4)13-18-9-11-20(12-10-18)21-7-6-8-23(27)16-21/h8-14,18,21,24H,6-7,15-17,19H2,1-5H3;6-12,16,19,22,28H,5,13-15,17H2,1-4H3/t21-,24+;19-,22+/m11/s1. The summed E-state index contributed by atoms with van der Waals surface area (Å²) in [6.45, 7) is 17.4. The normalized spacial score (nSPS) is 13.3. The van der Waals surface area contributed by atoms with Gasteiger partial charge in [-0.15, -0.1) is 0 Å². The summed E-state index contributed by atoms with van der Waals surface area (Å²) in [6, 6.07) is 31.6. The highest BCUT2D eigenvalue weighted by Crippen LogP contribution is 2.29. The molecule has 4 atom stereocenters. The van der Waals surface area contributed by atoms with Crippen LogP contribution in [0.2, 0.25) is 10.0 Å². The van der Waals surface area contributed by atoms with Gasteiger partial charge in [0.15, 0.2) is 0 Å². The van der Waals surface area contributed by atoms with E-state index in [-0.39, 0.29) is 62.4 Å². The van der Waals surface area contributed by atoms with Gasteiger partial charge in [0, 0.05) is 29.5 Å². The van der Waals surface area contributed by atoms with Gasteiger partial charge in [-0.2, -0.15) is 0 Å². The van der Waals surface area contributed by atoms with Gasteiger partial charge in [-0.3, -0.25) is 19.2 Å². The van der Waals surface area contributed by atoms with Gasteiger partial charge in [-0.05, 0) is 157 Å². The van der Waals surface area contributed by atoms with Gasteiger partial charge < -0.3 is 28.8 Å². The van der Waals surface area contributed by atoms with E-state index in [9.17, 15) is 24.3 Å². The van der Waals surface area contributed by atoms with Gasteiger partial charge in [0.1, 0.15) is 11.2 Å². The molecule has 0 aliphatic rings. The molecule has 0 radical (unpaired) electrons. The second kappa shape index (κ2) is 27.8. The first-order chi connectivity index (χ1) is 31.2. The third-order valence-corrected chi connectivity index (χ3v) is 10.7. The highest BCUT2D eigenvalue weighted by atomic mass is 35.5. The number of carbonyl (C=O) groups excluding carboxylic acids is 4. The number of hydrogen-bond donors (Lipinski definition) is 1. The minimum Gasteiger partial charge on any atom is -0.466 e. The zero-order valence-electron chi connectivity index (χ0n) is 40.2. The lowest BCUT2D eigenvalue weighted by molar-refractivity contribution is -0.158. The number of aliphatic hydroxyl groups excluding tert-OH is 1. The molecule has 1 N–H and O–H groups in total. The number of carbonyl (C=O) groups is 4. The van der Waals surface area contributed by atoms with Crippen LogP contribution >= 0.6 is 23.2 Å². The first-order valence-corrected chi connectivity index (χ1v) is 23.6. The van der Waals surface area contributed by atoms with Crippen molar-refractivity contribution in [1.82, 2.24) is 0 Å². The fraction of sp³-hybridized carbons (Fsp3) is 0.481. The van der Waals surface area contributed by atoms with Crippen molar-refractivity contribution in [2.45, 2.75) is 112 Å². The molecule has 0 heterocycles. The maximum absolute atomic E-state index is 12.6. The molecule has 0 saturated carbocycles. The smallest absolute Gasteiger partial charge is 0.311 e. The topological polar surface area (TPSA) is 135 Å². The molecule has 0 saturated heterocycles. The second-order valence-corrected chi connectivity index (χ2v) is 19.2. The Kier molecular flexibility index (Phi) is 23.4. The number of esters is 4. The zero-order chi connectivity index (χ0) is 48.9. The summed E-state index contributed by atoms with van der Waals surface area (Å²) in [5.41, 5.74) is 5.14. The summed E-state index contributed by atoms with van der Waals surface area (Å²) in [4.78, 5) is 49.9. The third-order valence-electron chi connectivity index (χ3n) is 10.2. The fourth-order valence-corrected chi connectivity index (χ4v) is 7.83. The Hall–Kier alpha value is -4.74. The van der Waals surface area contributed by atoms with Crippen LogP contribution in [0.4, 0.5) is 0 Å². The summed E-state index contributed by atoms with van der Waals surface area (Å²) in [7, 11) is 0. The average molecular weight is 950 g/mol. The van der Waals surface area contributed by atoms with Crippen LogP contribution in [0.5, 0.6) is 0 Å². The maximum Gasteiger partial charge on any atom is 0.311 e. The minimum atomic E-state index is -0.673. The molecule has 66 heavy (non-hydrogen) atoms. The largest absolute Gasteiger partial charge is 0.466 e. The van der Waals surface area contributed by atoms with E-state index in [1.54, 1.807) is 13.8 Å². The molecule has 4 rings (SSSR count). The van der Waals surface area contributed by atoms with Crippen molar-refractivity contribution in [2.75, 3.05) is 33.0 Å². The van der Waals surface area contributed by atoms with Crippen molar-refractivity contribution in [2.24, 2.45) is 23.7 Å². The molecular weight excluding hydrogens is 879 g/mol. The zero-order valence-corrected chi connectivity index (χ0v) is 41.7. The molecule has 0 aromatic heterocycles. The van der Waals surface area contributed by atoms with E-state index in [0.29, 0.717) is 48.9 Å². The molecule has 10 nitrogen and oxygen atoms in total. The van der Waals surface area contributed by atoms with Gasteiger partial charge in [-0.25, -0.2) is 0 Å². The first-order valence-electron chi connectivity index (χ1n) is 22.9. The average Bonchev–Trinajstić information content (AvgIpc) is 3.23. The van der Waals surface area contributed by atoms with Crippen LogP contribution in [-0.4, -0.2) is 73.2 Å². The monoisotopic (exact) mass is 948 g/mol. The highest BCUT2D eigenvalue weighted by Gasteiger charge is 2.29. The summed E-state index contributed by atoms with van der Waals surface area (Å²) in [5.74, 6) is -2.70. The van der Waals surface area contributed by atoms with E-state index in [1.807, 2.05) is 121 Å². The van der Waals surface area contributed by atoms with Gasteiger partial charge >= 0.3 is 23.9 Å². The lowest BCUT2D eigenvalue weighted by Crippen LogP contribution is -2.29. The SMILES string of the molecule is CCOC(=O)[C@H](CO)C[C@H](CC(=O)OC(C)(C)C)Cc1ccc(-c2cccc(Cl)c2)cc1.CCOC[C@H](C[C@H](CC(=O)OC(C)(C)C)Cc1ccc(-c2cccc(Cl)c2)cc1)C(=O)OCC. The molecule has 0 amide bonds. The van der Waals surface area contributed by atoms with Crippen molar-refractivity contribution in [3.05, 3.63) is 118 Å². The Balaban J connectivity index is 0.000000351. The van der Waals surface area contributed by atoms with Crippen LogP contribution in [0.1, 0.15) is 99.1 Å². The number of aliphatic hydroxyl groups is 1. The predicted molar refractivity (Wildman–Crippen MR) is 262 cm³/mol. The van der Waals surface area contributed by atoms with E-state index in [4.69, 9.17) is 46.9 Å². The Morgan fingerprint density at radius 1 is 0.545 bits per heavy atom. The summed E-state index contributed by atoms with van der Waals surface area (Å²) in [5, 5.41) is 11.1. The van der Waals surface area contributed by atoms with E-state index in [1.165, 1.54) is 0 Å². The summed E-state index contributed by atoms with van der Waals surface area (Å²) >= 11 is 12.2. The Labute approximate surface area is 402 Å². The Bertz CT molecular complexity index is 2100. The number of hydrogen-bond acceptors (Lipinski definition) is 10. The van der Waals surface area contributed by atoms with Crippen molar-refractivity contribution in [3.8, 4) is 22.3 Å². The van der Waals surface area contributed by atoms with Crippen LogP contribution in [0.3, 0.4) is 0 Å². The van der Waals surface area contributed by atoms with Crippen LogP contribution < -0.4 is 0 Å². The molecule has 4 aromatic carbocycles. The third kappa shape index (κ3) is 21.3. The van der Waals surface area contributed by atoms with Crippen molar-refractivity contribution >= 4 is 47.1 Å². The van der Waals surface area contributed by atoms with E-state index >= 15 is 0 Å². The number of benzene rings is 4. The Morgan fingerprint density at radius 2 is 0.939 bits per heavy atom. The van der Waals surface area contributed by atoms with Gasteiger partial charge in [0.2, 0.25) is 0 Å². The number of ether oxygens (including phenoxy) is 5. The van der Waals surface area contributed by atoms with Crippen LogP contribution in [0.15, 0.2) is 97.1 Å². The maximum atomic E-state index is 12.6. The highest BCUT2D eigenvalue weighted by molar-refractivity contribution is 6.31. The Morgan fingerprint density at radius 3 is 1.29 bits per heavy atom. The van der Waals surface area contributed by atoms with Gasteiger partial charge in [0.25, 0.3) is 0 Å². The summed E-state index contributed by atoms with van der Waals surface area (Å²) in [6.07, 6.45) is 2.40. The van der Waals surface area contributed by atoms with Crippen molar-refractivity contribution in [1.29, 1.82) is 0 Å². The number of halogens is 2. The number of rotatable bonds is 22. The van der Waals surface area contributed by atoms with Crippen LogP contribution in [0.25, 0.3) is 22.3 Å². The van der Waals surface area contributed by atoms with Crippen LogP contribution in [0, 0.1) is 23.7 Å². The van der Waals surface area contributed by atoms with Gasteiger partial charge in [-0.1, -0.05) is 96.0 Å². The van der Waals surface area contributed by atoms with Crippen molar-refractivity contribution in [3.63, 3.8) is 0 Å². The molecule has 0 aliphatic carbocycles. The minimum absolute atomic E-state index is 0.0956. The lowest BCUT2D eigenvalue weighted by atomic mass is 9.87. The lowest BCUT2D eigenvalue weighted by Gasteiger charge is -2.25. The van der Waals surface area contributed by atoms with Gasteiger partial charge in [0.05, 0.1) is 38.3 Å². The first kappa shape index (κ1) is 55.6. The molecular formula is C54H70Cl2O10. The molecule has 12 heteroatoms.